The molecular formula is C28H26N2O4S. The summed E-state index contributed by atoms with van der Waals surface area (Å²) >= 11 is 0. The van der Waals surface area contributed by atoms with Gasteiger partial charge in [0.05, 0.1) is 16.3 Å². The van der Waals surface area contributed by atoms with Crippen LogP contribution >= 0.6 is 0 Å². The Bertz CT molecular complexity index is 1510. The van der Waals surface area contributed by atoms with Crippen LogP contribution in [0.2, 0.25) is 0 Å². The van der Waals surface area contributed by atoms with Gasteiger partial charge in [-0.2, -0.15) is 0 Å². The molecule has 1 fully saturated rings. The molecule has 4 aromatic rings. The van der Waals surface area contributed by atoms with Gasteiger partial charge in [-0.25, -0.2) is 12.4 Å². The topological polar surface area (TPSA) is 68.6 Å². The van der Waals surface area contributed by atoms with Gasteiger partial charge in [0.25, 0.3) is 10.0 Å². The number of rotatable bonds is 5. The van der Waals surface area contributed by atoms with Gasteiger partial charge in [-0.1, -0.05) is 60.7 Å². The molecule has 0 bridgehead atoms. The van der Waals surface area contributed by atoms with Crippen molar-refractivity contribution in [1.82, 2.24) is 8.87 Å². The average Bonchev–Trinajstić information content (AvgIpc) is 3.44. The second kappa shape index (κ2) is 8.36. The molecule has 7 heteroatoms. The van der Waals surface area contributed by atoms with E-state index in [1.54, 1.807) is 36.5 Å². The lowest BCUT2D eigenvalue weighted by Gasteiger charge is -2.31. The Morgan fingerprint density at radius 3 is 2.43 bits per heavy atom. The van der Waals surface area contributed by atoms with Crippen LogP contribution in [0, 0.1) is 5.92 Å². The van der Waals surface area contributed by atoms with Crippen LogP contribution in [0.1, 0.15) is 22.6 Å². The zero-order chi connectivity index (χ0) is 24.2. The minimum atomic E-state index is -3.74. The van der Waals surface area contributed by atoms with Crippen molar-refractivity contribution < 1.29 is 17.9 Å². The van der Waals surface area contributed by atoms with Gasteiger partial charge >= 0.3 is 5.97 Å². The number of hydrogen-bond acceptors (Lipinski definition) is 5. The van der Waals surface area contributed by atoms with E-state index in [1.165, 1.54) is 3.97 Å². The maximum absolute atomic E-state index is 13.5. The molecule has 3 aromatic carbocycles. The lowest BCUT2D eigenvalue weighted by atomic mass is 9.76. The summed E-state index contributed by atoms with van der Waals surface area (Å²) in [4.78, 5) is 15.7. The Balaban J connectivity index is 1.39. The Morgan fingerprint density at radius 2 is 1.69 bits per heavy atom. The van der Waals surface area contributed by atoms with Crippen LogP contribution in [0.25, 0.3) is 10.9 Å². The molecule has 0 radical (unpaired) electrons. The first-order chi connectivity index (χ1) is 16.9. The maximum atomic E-state index is 13.5. The van der Waals surface area contributed by atoms with E-state index in [0.29, 0.717) is 18.5 Å². The SMILES string of the molecule is CN1CC(C(=O)OCc2ccccc2)C2c3cccc4c3c(cn4S(=O)(=O)c3ccccc3)CC21. The van der Waals surface area contributed by atoms with Crippen molar-refractivity contribution in [2.24, 2.45) is 5.92 Å². The van der Waals surface area contributed by atoms with Crippen LogP contribution < -0.4 is 0 Å². The van der Waals surface area contributed by atoms with E-state index in [1.807, 2.05) is 55.6 Å². The first kappa shape index (κ1) is 22.1. The van der Waals surface area contributed by atoms with Crippen molar-refractivity contribution in [3.05, 3.63) is 102 Å². The summed E-state index contributed by atoms with van der Waals surface area (Å²) in [5, 5.41) is 0.949. The van der Waals surface area contributed by atoms with Crippen LogP contribution in [0.5, 0.6) is 0 Å². The Labute approximate surface area is 204 Å². The summed E-state index contributed by atoms with van der Waals surface area (Å²) in [5.41, 5.74) is 3.65. The van der Waals surface area contributed by atoms with Gasteiger partial charge < -0.3 is 9.64 Å². The minimum Gasteiger partial charge on any atom is -0.461 e. The number of carbonyl (C=O) groups excluding carboxylic acids is 1. The number of aromatic nitrogens is 1. The molecular weight excluding hydrogens is 460 g/mol. The fraction of sp³-hybridized carbons (Fsp3) is 0.250. The van der Waals surface area contributed by atoms with E-state index in [-0.39, 0.29) is 35.3 Å². The third-order valence-electron chi connectivity index (χ3n) is 7.42. The number of fused-ring (bicyclic) bond motifs is 2. The van der Waals surface area contributed by atoms with E-state index >= 15 is 0 Å². The molecule has 1 aliphatic carbocycles. The number of ether oxygens (including phenoxy) is 1. The summed E-state index contributed by atoms with van der Waals surface area (Å²) in [6.07, 6.45) is 2.45. The van der Waals surface area contributed by atoms with Gasteiger partial charge in [0.2, 0.25) is 0 Å². The molecule has 6 rings (SSSR count). The van der Waals surface area contributed by atoms with Gasteiger partial charge in [0.1, 0.15) is 6.61 Å². The van der Waals surface area contributed by atoms with Crippen LogP contribution in [0.15, 0.2) is 90.0 Å². The zero-order valence-corrected chi connectivity index (χ0v) is 20.2. The van der Waals surface area contributed by atoms with Crippen molar-refractivity contribution in [3.8, 4) is 0 Å². The summed E-state index contributed by atoms with van der Waals surface area (Å²) < 4.78 is 34.1. The Morgan fingerprint density at radius 1 is 0.971 bits per heavy atom. The molecule has 6 nitrogen and oxygen atoms in total. The molecule has 0 amide bonds. The summed E-state index contributed by atoms with van der Waals surface area (Å²) in [6.45, 7) is 0.865. The fourth-order valence-corrected chi connectivity index (χ4v) is 7.20. The Hall–Kier alpha value is -3.42. The van der Waals surface area contributed by atoms with Crippen molar-refractivity contribution in [3.63, 3.8) is 0 Å². The van der Waals surface area contributed by atoms with Gasteiger partial charge in [-0.15, -0.1) is 0 Å². The largest absolute Gasteiger partial charge is 0.461 e. The molecule has 1 aromatic heterocycles. The number of nitrogens with zero attached hydrogens (tertiary/aromatic N) is 2. The second-order valence-corrected chi connectivity index (χ2v) is 11.3. The fourth-order valence-electron chi connectivity index (χ4n) is 5.79. The third-order valence-corrected chi connectivity index (χ3v) is 9.11. The molecule has 3 unspecified atom stereocenters. The number of likely N-dealkylation sites (N-methyl/N-ethyl adjacent to an activating group) is 1. The number of esters is 1. The summed E-state index contributed by atoms with van der Waals surface area (Å²) in [5.74, 6) is -0.554. The maximum Gasteiger partial charge on any atom is 0.311 e. The number of likely N-dealkylation sites (tertiary alicyclic amines) is 1. The van der Waals surface area contributed by atoms with Crippen LogP contribution in [-0.2, 0) is 32.6 Å². The summed E-state index contributed by atoms with van der Waals surface area (Å²) in [7, 11) is -1.71. The molecule has 35 heavy (non-hydrogen) atoms. The molecule has 0 spiro atoms. The average molecular weight is 487 g/mol. The predicted molar refractivity (Wildman–Crippen MR) is 134 cm³/mol. The highest BCUT2D eigenvalue weighted by Gasteiger charge is 2.48. The molecule has 178 valence electrons. The molecule has 1 saturated heterocycles. The molecule has 2 aliphatic rings. The summed E-state index contributed by atoms with van der Waals surface area (Å²) in [6, 6.07) is 24.1. The number of hydrogen-bond donors (Lipinski definition) is 0. The molecule has 2 heterocycles. The van der Waals surface area contributed by atoms with E-state index in [9.17, 15) is 13.2 Å². The van der Waals surface area contributed by atoms with Crippen molar-refractivity contribution in [2.75, 3.05) is 13.6 Å². The van der Waals surface area contributed by atoms with Crippen molar-refractivity contribution >= 4 is 26.9 Å². The van der Waals surface area contributed by atoms with E-state index in [2.05, 4.69) is 4.90 Å². The smallest absolute Gasteiger partial charge is 0.311 e. The van der Waals surface area contributed by atoms with E-state index < -0.39 is 10.0 Å². The second-order valence-electron chi connectivity index (χ2n) is 9.45. The highest BCUT2D eigenvalue weighted by Crippen LogP contribution is 2.47. The normalized spacial score (nSPS) is 21.7. The highest BCUT2D eigenvalue weighted by molar-refractivity contribution is 7.90. The first-order valence-corrected chi connectivity index (χ1v) is 13.2. The zero-order valence-electron chi connectivity index (χ0n) is 19.4. The Kier molecular flexibility index (Phi) is 5.27. The third kappa shape index (κ3) is 3.58. The minimum absolute atomic E-state index is 0.0465. The molecule has 3 atom stereocenters. The van der Waals surface area contributed by atoms with Gasteiger partial charge in [-0.3, -0.25) is 4.79 Å². The van der Waals surface area contributed by atoms with E-state index in [4.69, 9.17) is 4.74 Å². The van der Waals surface area contributed by atoms with Crippen molar-refractivity contribution in [1.29, 1.82) is 0 Å². The first-order valence-electron chi connectivity index (χ1n) is 11.8. The molecule has 0 saturated carbocycles. The number of benzene rings is 3. The van der Waals surface area contributed by atoms with E-state index in [0.717, 1.165) is 22.1 Å². The number of carbonyl (C=O) groups is 1. The lowest BCUT2D eigenvalue weighted by Crippen LogP contribution is -2.33. The van der Waals surface area contributed by atoms with Crippen LogP contribution in [0.4, 0.5) is 0 Å². The monoisotopic (exact) mass is 486 g/mol. The van der Waals surface area contributed by atoms with Crippen LogP contribution in [-0.4, -0.2) is 42.9 Å². The predicted octanol–water partition coefficient (Wildman–Crippen LogP) is 4.19. The van der Waals surface area contributed by atoms with Gasteiger partial charge in [0, 0.05) is 30.1 Å². The van der Waals surface area contributed by atoms with Gasteiger partial charge in [0.15, 0.2) is 0 Å². The molecule has 1 aliphatic heterocycles. The standard InChI is InChI=1S/C28H26N2O4S/c1-29-17-23(28(31)34-18-19-9-4-2-5-10-19)27-22-13-8-14-24-26(22)20(15-25(27)29)16-30(24)35(32,33)21-11-6-3-7-12-21/h2-14,16,23,25,27H,15,17-18H2,1H3. The highest BCUT2D eigenvalue weighted by atomic mass is 32.2. The van der Waals surface area contributed by atoms with Crippen LogP contribution in [0.3, 0.4) is 0 Å². The lowest BCUT2D eigenvalue weighted by molar-refractivity contribution is -0.149. The quantitative estimate of drug-likeness (QED) is 0.396. The van der Waals surface area contributed by atoms with Gasteiger partial charge in [-0.05, 0) is 48.4 Å². The molecule has 0 N–H and O–H groups in total. The van der Waals surface area contributed by atoms with Crippen molar-refractivity contribution in [2.45, 2.75) is 29.9 Å².